The molecule has 0 aliphatic carbocycles. The van der Waals surface area contributed by atoms with Gasteiger partial charge in [-0.25, -0.2) is 0 Å². The number of hydrogen-bond donors (Lipinski definition) is 1. The fourth-order valence-corrected chi connectivity index (χ4v) is 2.90. The van der Waals surface area contributed by atoms with Crippen LogP contribution in [0.1, 0.15) is 43.7 Å². The molecule has 1 atom stereocenters. The number of hydrogen-bond acceptors (Lipinski definition) is 2. The molecule has 1 aromatic carbocycles. The second kappa shape index (κ2) is 6.69. The van der Waals surface area contributed by atoms with Gasteiger partial charge >= 0.3 is 6.18 Å². The highest BCUT2D eigenvalue weighted by Crippen LogP contribution is 2.38. The number of rotatable bonds is 3. The van der Waals surface area contributed by atoms with Crippen LogP contribution in [-0.4, -0.2) is 19.1 Å². The fourth-order valence-electron chi connectivity index (χ4n) is 2.90. The van der Waals surface area contributed by atoms with E-state index in [4.69, 9.17) is 5.73 Å². The first-order chi connectivity index (χ1) is 9.88. The zero-order valence-corrected chi connectivity index (χ0v) is 12.4. The summed E-state index contributed by atoms with van der Waals surface area (Å²) in [4.78, 5) is 1.88. The summed E-state index contributed by atoms with van der Waals surface area (Å²) in [5.74, 6) is 0. The largest absolute Gasteiger partial charge is 0.418 e. The van der Waals surface area contributed by atoms with Gasteiger partial charge in [-0.3, -0.25) is 0 Å². The van der Waals surface area contributed by atoms with E-state index >= 15 is 0 Å². The second-order valence-electron chi connectivity index (χ2n) is 5.93. The van der Waals surface area contributed by atoms with Crippen LogP contribution in [0.25, 0.3) is 0 Å². The summed E-state index contributed by atoms with van der Waals surface area (Å²) in [6, 6.07) is 4.52. The molecule has 0 amide bonds. The highest BCUT2D eigenvalue weighted by atomic mass is 19.4. The minimum Gasteiger partial charge on any atom is -0.371 e. The lowest BCUT2D eigenvalue weighted by Gasteiger charge is -2.27. The van der Waals surface area contributed by atoms with Gasteiger partial charge in [0.15, 0.2) is 0 Å². The molecule has 1 heterocycles. The molecule has 2 rings (SSSR count). The average molecular weight is 300 g/mol. The minimum atomic E-state index is -4.32. The molecule has 0 radical (unpaired) electrons. The van der Waals surface area contributed by atoms with E-state index in [1.54, 1.807) is 19.1 Å². The SMILES string of the molecule is CC(N)Cc1ccc(N2CCCCCC2)c(C(F)(F)F)c1. The molecule has 0 bridgehead atoms. The summed E-state index contributed by atoms with van der Waals surface area (Å²) in [6.45, 7) is 3.21. The third-order valence-electron chi connectivity index (χ3n) is 3.87. The van der Waals surface area contributed by atoms with E-state index in [1.165, 1.54) is 6.07 Å². The van der Waals surface area contributed by atoms with Crippen molar-refractivity contribution in [3.63, 3.8) is 0 Å². The summed E-state index contributed by atoms with van der Waals surface area (Å²) in [6.07, 6.45) is 0.248. The molecule has 0 spiro atoms. The molecule has 1 aromatic rings. The summed E-state index contributed by atoms with van der Waals surface area (Å²) < 4.78 is 40.1. The van der Waals surface area contributed by atoms with Gasteiger partial charge < -0.3 is 10.6 Å². The fraction of sp³-hybridized carbons (Fsp3) is 0.625. The Hall–Kier alpha value is -1.23. The Morgan fingerprint density at radius 2 is 1.76 bits per heavy atom. The van der Waals surface area contributed by atoms with Crippen molar-refractivity contribution in [3.05, 3.63) is 29.3 Å². The number of nitrogens with two attached hydrogens (primary N) is 1. The van der Waals surface area contributed by atoms with Crippen LogP contribution in [0, 0.1) is 0 Å². The quantitative estimate of drug-likeness (QED) is 0.915. The van der Waals surface area contributed by atoms with E-state index in [0.29, 0.717) is 30.8 Å². The van der Waals surface area contributed by atoms with Gasteiger partial charge in [-0.2, -0.15) is 13.2 Å². The van der Waals surface area contributed by atoms with Gasteiger partial charge in [-0.1, -0.05) is 18.9 Å². The van der Waals surface area contributed by atoms with Crippen molar-refractivity contribution in [1.29, 1.82) is 0 Å². The van der Waals surface area contributed by atoms with E-state index < -0.39 is 11.7 Å². The van der Waals surface area contributed by atoms with Crippen LogP contribution in [0.15, 0.2) is 18.2 Å². The number of anilines is 1. The molecular formula is C16H23F3N2. The van der Waals surface area contributed by atoms with E-state index in [2.05, 4.69) is 0 Å². The van der Waals surface area contributed by atoms with Gasteiger partial charge in [0.05, 0.1) is 5.56 Å². The van der Waals surface area contributed by atoms with Gasteiger partial charge in [0, 0.05) is 24.8 Å². The van der Waals surface area contributed by atoms with Gasteiger partial charge in [-0.05, 0) is 43.9 Å². The lowest BCUT2D eigenvalue weighted by Crippen LogP contribution is -2.27. The van der Waals surface area contributed by atoms with E-state index in [-0.39, 0.29) is 6.04 Å². The van der Waals surface area contributed by atoms with Crippen molar-refractivity contribution in [1.82, 2.24) is 0 Å². The Labute approximate surface area is 124 Å². The maximum Gasteiger partial charge on any atom is 0.418 e. The molecule has 2 N–H and O–H groups in total. The Morgan fingerprint density at radius 3 is 2.29 bits per heavy atom. The first kappa shape index (κ1) is 16.1. The predicted octanol–water partition coefficient (Wildman–Crippen LogP) is 3.98. The first-order valence-corrected chi connectivity index (χ1v) is 7.58. The summed E-state index contributed by atoms with van der Waals surface area (Å²) in [7, 11) is 0. The molecule has 0 saturated carbocycles. The number of alkyl halides is 3. The van der Waals surface area contributed by atoms with Crippen LogP contribution in [0.5, 0.6) is 0 Å². The summed E-state index contributed by atoms with van der Waals surface area (Å²) in [5.41, 5.74) is 6.13. The second-order valence-corrected chi connectivity index (χ2v) is 5.93. The number of nitrogens with zero attached hydrogens (tertiary/aromatic N) is 1. The molecule has 1 aliphatic rings. The minimum absolute atomic E-state index is 0.143. The van der Waals surface area contributed by atoms with Crippen molar-refractivity contribution in [2.45, 2.75) is 51.2 Å². The Bertz CT molecular complexity index is 461. The lowest BCUT2D eigenvalue weighted by molar-refractivity contribution is -0.137. The summed E-state index contributed by atoms with van der Waals surface area (Å²) >= 11 is 0. The van der Waals surface area contributed by atoms with Crippen molar-refractivity contribution >= 4 is 5.69 Å². The summed E-state index contributed by atoms with van der Waals surface area (Å²) in [5, 5.41) is 0. The normalized spacial score (nSPS) is 18.4. The van der Waals surface area contributed by atoms with Crippen LogP contribution in [-0.2, 0) is 12.6 Å². The zero-order chi connectivity index (χ0) is 15.5. The molecule has 1 aliphatic heterocycles. The maximum absolute atomic E-state index is 13.4. The van der Waals surface area contributed by atoms with Gasteiger partial charge in [0.1, 0.15) is 0 Å². The molecule has 5 heteroatoms. The zero-order valence-electron chi connectivity index (χ0n) is 12.4. The van der Waals surface area contributed by atoms with E-state index in [1.807, 2.05) is 4.90 Å². The molecular weight excluding hydrogens is 277 g/mol. The van der Waals surface area contributed by atoms with Crippen LogP contribution < -0.4 is 10.6 Å². The maximum atomic E-state index is 13.4. The van der Waals surface area contributed by atoms with Gasteiger partial charge in [0.2, 0.25) is 0 Å². The average Bonchev–Trinajstić information content (AvgIpc) is 2.65. The Balaban J connectivity index is 2.34. The van der Waals surface area contributed by atoms with Crippen molar-refractivity contribution < 1.29 is 13.2 Å². The van der Waals surface area contributed by atoms with Crippen molar-refractivity contribution in [2.75, 3.05) is 18.0 Å². The van der Waals surface area contributed by atoms with E-state index in [9.17, 15) is 13.2 Å². The van der Waals surface area contributed by atoms with Crippen molar-refractivity contribution in [2.24, 2.45) is 5.73 Å². The molecule has 1 saturated heterocycles. The monoisotopic (exact) mass is 300 g/mol. The van der Waals surface area contributed by atoms with Crippen LogP contribution in [0.2, 0.25) is 0 Å². The lowest BCUT2D eigenvalue weighted by atomic mass is 10.0. The molecule has 1 fully saturated rings. The first-order valence-electron chi connectivity index (χ1n) is 7.58. The van der Waals surface area contributed by atoms with E-state index in [0.717, 1.165) is 25.7 Å². The van der Waals surface area contributed by atoms with Crippen LogP contribution in [0.4, 0.5) is 18.9 Å². The number of halogens is 3. The van der Waals surface area contributed by atoms with Gasteiger partial charge in [-0.15, -0.1) is 0 Å². The third kappa shape index (κ3) is 4.37. The van der Waals surface area contributed by atoms with Crippen LogP contribution in [0.3, 0.4) is 0 Å². The van der Waals surface area contributed by atoms with Gasteiger partial charge in [0.25, 0.3) is 0 Å². The highest BCUT2D eigenvalue weighted by Gasteiger charge is 2.35. The number of benzene rings is 1. The molecule has 118 valence electrons. The van der Waals surface area contributed by atoms with Crippen molar-refractivity contribution in [3.8, 4) is 0 Å². The Morgan fingerprint density at radius 1 is 1.14 bits per heavy atom. The topological polar surface area (TPSA) is 29.3 Å². The highest BCUT2D eigenvalue weighted by molar-refractivity contribution is 5.56. The molecule has 2 nitrogen and oxygen atoms in total. The Kier molecular flexibility index (Phi) is 5.14. The van der Waals surface area contributed by atoms with Crippen LogP contribution >= 0.6 is 0 Å². The molecule has 1 unspecified atom stereocenters. The smallest absolute Gasteiger partial charge is 0.371 e. The third-order valence-corrected chi connectivity index (χ3v) is 3.87. The predicted molar refractivity (Wildman–Crippen MR) is 79.5 cm³/mol. The molecule has 0 aromatic heterocycles. The molecule has 21 heavy (non-hydrogen) atoms. The standard InChI is InChI=1S/C16H23F3N2/c1-12(20)10-13-6-7-15(14(11-13)16(17,18)19)21-8-4-2-3-5-9-21/h6-7,11-12H,2-5,8-10,20H2,1H3.